The van der Waals surface area contributed by atoms with Crippen LogP contribution in [0.4, 0.5) is 0 Å². The largest absolute Gasteiger partial charge is 0.315 e. The van der Waals surface area contributed by atoms with Gasteiger partial charge in [0.25, 0.3) is 11.8 Å². The van der Waals surface area contributed by atoms with Crippen LogP contribution < -0.4 is 5.32 Å². The molecule has 1 saturated heterocycles. The molecule has 1 aliphatic heterocycles. The highest BCUT2D eigenvalue weighted by atomic mass is 127. The van der Waals surface area contributed by atoms with Crippen LogP contribution in [-0.2, 0) is 9.59 Å². The van der Waals surface area contributed by atoms with Crippen LogP contribution in [0.5, 0.6) is 0 Å². The minimum absolute atomic E-state index is 0.108. The number of carbonyl (C=O) groups is 3. The Morgan fingerprint density at radius 2 is 1.84 bits per heavy atom. The van der Waals surface area contributed by atoms with Gasteiger partial charge in [-0.3, -0.25) is 19.7 Å². The van der Waals surface area contributed by atoms with E-state index in [1.165, 1.54) is 4.90 Å². The lowest BCUT2D eigenvalue weighted by atomic mass is 9.97. The normalized spacial score (nSPS) is 18.2. The third kappa shape index (κ3) is 2.63. The average molecular weight is 372 g/mol. The van der Waals surface area contributed by atoms with Gasteiger partial charge in [0.1, 0.15) is 12.1 Å². The summed E-state index contributed by atoms with van der Waals surface area (Å²) in [7, 11) is 0. The van der Waals surface area contributed by atoms with Crippen molar-refractivity contribution in [1.82, 2.24) is 10.2 Å². The van der Waals surface area contributed by atoms with Crippen molar-refractivity contribution < 1.29 is 14.4 Å². The third-order valence-electron chi connectivity index (χ3n) is 3.12. The quantitative estimate of drug-likeness (QED) is 0.595. The molecule has 6 heteroatoms. The molecule has 0 spiro atoms. The maximum atomic E-state index is 12.4. The molecule has 19 heavy (non-hydrogen) atoms. The van der Waals surface area contributed by atoms with E-state index in [0.29, 0.717) is 5.56 Å². The summed E-state index contributed by atoms with van der Waals surface area (Å²) in [6, 6.07) is 7.01. The fourth-order valence-electron chi connectivity index (χ4n) is 1.86. The summed E-state index contributed by atoms with van der Waals surface area (Å²) in [5.41, 5.74) is -0.565. The zero-order chi connectivity index (χ0) is 14.2. The molecule has 0 saturated carbocycles. The number of carbonyl (C=O) groups excluding carboxylic acids is 3. The lowest BCUT2D eigenvalue weighted by Crippen LogP contribution is -2.65. The second-order valence-corrected chi connectivity index (χ2v) is 6.08. The number of piperazine rings is 1. The molecule has 1 N–H and O–H groups in total. The van der Waals surface area contributed by atoms with Crippen LogP contribution >= 0.6 is 22.6 Å². The molecule has 0 bridgehead atoms. The van der Waals surface area contributed by atoms with Gasteiger partial charge in [0.2, 0.25) is 5.91 Å². The summed E-state index contributed by atoms with van der Waals surface area (Å²) in [5, 5.41) is 2.24. The van der Waals surface area contributed by atoms with Crippen molar-refractivity contribution in [3.63, 3.8) is 0 Å². The van der Waals surface area contributed by atoms with Crippen LogP contribution in [0, 0.1) is 3.57 Å². The molecule has 3 amide bonds. The van der Waals surface area contributed by atoms with Crippen LogP contribution in [0.25, 0.3) is 0 Å². The first kappa shape index (κ1) is 14.0. The van der Waals surface area contributed by atoms with Crippen LogP contribution in [0.1, 0.15) is 24.2 Å². The van der Waals surface area contributed by atoms with E-state index in [1.54, 1.807) is 26.0 Å². The molecule has 1 heterocycles. The molecular formula is C13H13IN2O3. The van der Waals surface area contributed by atoms with Crippen molar-refractivity contribution >= 4 is 40.3 Å². The van der Waals surface area contributed by atoms with Gasteiger partial charge in [-0.2, -0.15) is 0 Å². The molecular weight excluding hydrogens is 359 g/mol. The number of imide groups is 1. The van der Waals surface area contributed by atoms with E-state index in [4.69, 9.17) is 0 Å². The van der Waals surface area contributed by atoms with Gasteiger partial charge >= 0.3 is 0 Å². The van der Waals surface area contributed by atoms with E-state index in [9.17, 15) is 14.4 Å². The number of rotatable bonds is 1. The van der Waals surface area contributed by atoms with E-state index in [-0.39, 0.29) is 12.5 Å². The Hall–Kier alpha value is -1.44. The number of nitrogens with one attached hydrogen (secondary N) is 1. The Morgan fingerprint density at radius 1 is 1.26 bits per heavy atom. The minimum atomic E-state index is -1.03. The maximum absolute atomic E-state index is 12.4. The van der Waals surface area contributed by atoms with Crippen molar-refractivity contribution in [3.05, 3.63) is 33.4 Å². The van der Waals surface area contributed by atoms with Crippen LogP contribution in [-0.4, -0.2) is 34.7 Å². The van der Waals surface area contributed by atoms with E-state index < -0.39 is 17.4 Å². The zero-order valence-corrected chi connectivity index (χ0v) is 12.7. The molecule has 1 fully saturated rings. The lowest BCUT2D eigenvalue weighted by Gasteiger charge is -2.40. The van der Waals surface area contributed by atoms with E-state index in [2.05, 4.69) is 27.9 Å². The molecule has 0 atom stereocenters. The molecule has 0 radical (unpaired) electrons. The topological polar surface area (TPSA) is 66.5 Å². The van der Waals surface area contributed by atoms with Crippen molar-refractivity contribution in [2.75, 3.05) is 6.54 Å². The van der Waals surface area contributed by atoms with E-state index in [1.807, 2.05) is 12.1 Å². The summed E-state index contributed by atoms with van der Waals surface area (Å²) >= 11 is 2.14. The SMILES string of the molecule is CC1(C)C(=O)NC(=O)CN1C(=O)c1ccc(I)cc1. The Morgan fingerprint density at radius 3 is 2.42 bits per heavy atom. The van der Waals surface area contributed by atoms with Crippen molar-refractivity contribution in [2.24, 2.45) is 0 Å². The van der Waals surface area contributed by atoms with Gasteiger partial charge in [0.15, 0.2) is 0 Å². The van der Waals surface area contributed by atoms with Crippen LogP contribution in [0.2, 0.25) is 0 Å². The fourth-order valence-corrected chi connectivity index (χ4v) is 2.22. The number of nitrogens with zero attached hydrogens (tertiary/aromatic N) is 1. The summed E-state index contributed by atoms with van der Waals surface area (Å²) in [5.74, 6) is -1.23. The minimum Gasteiger partial charge on any atom is -0.315 e. The summed E-state index contributed by atoms with van der Waals surface area (Å²) in [6.45, 7) is 3.14. The predicted molar refractivity (Wildman–Crippen MR) is 77.4 cm³/mol. The molecule has 1 aromatic carbocycles. The molecule has 5 nitrogen and oxygen atoms in total. The standard InChI is InChI=1S/C13H13IN2O3/c1-13(2)12(19)15-10(17)7-16(13)11(18)8-3-5-9(14)6-4-8/h3-6H,7H2,1-2H3,(H,15,17,19). The van der Waals surface area contributed by atoms with Crippen LogP contribution in [0.15, 0.2) is 24.3 Å². The number of amides is 3. The lowest BCUT2D eigenvalue weighted by molar-refractivity contribution is -0.143. The second-order valence-electron chi connectivity index (χ2n) is 4.83. The molecule has 0 unspecified atom stereocenters. The maximum Gasteiger partial charge on any atom is 0.255 e. The molecule has 2 rings (SSSR count). The van der Waals surface area contributed by atoms with E-state index in [0.717, 1.165) is 3.57 Å². The van der Waals surface area contributed by atoms with Gasteiger partial charge in [-0.15, -0.1) is 0 Å². The van der Waals surface area contributed by atoms with E-state index >= 15 is 0 Å². The fraction of sp³-hybridized carbons (Fsp3) is 0.308. The van der Waals surface area contributed by atoms with Crippen molar-refractivity contribution in [3.8, 4) is 0 Å². The Bertz CT molecular complexity index is 552. The molecule has 100 valence electrons. The first-order valence-electron chi connectivity index (χ1n) is 5.74. The molecule has 0 aliphatic carbocycles. The van der Waals surface area contributed by atoms with Gasteiger partial charge in [-0.05, 0) is 60.7 Å². The summed E-state index contributed by atoms with van der Waals surface area (Å²) in [6.07, 6.45) is 0. The third-order valence-corrected chi connectivity index (χ3v) is 3.84. The first-order chi connectivity index (χ1) is 8.82. The molecule has 1 aromatic rings. The first-order valence-corrected chi connectivity index (χ1v) is 6.82. The van der Waals surface area contributed by atoms with Gasteiger partial charge < -0.3 is 4.90 Å². The second kappa shape index (κ2) is 4.92. The highest BCUT2D eigenvalue weighted by molar-refractivity contribution is 14.1. The van der Waals surface area contributed by atoms with Gasteiger partial charge in [0.05, 0.1) is 0 Å². The Kier molecular flexibility index (Phi) is 3.62. The predicted octanol–water partition coefficient (Wildman–Crippen LogP) is 1.17. The average Bonchev–Trinajstić information content (AvgIpc) is 2.34. The summed E-state index contributed by atoms with van der Waals surface area (Å²) < 4.78 is 1.01. The summed E-state index contributed by atoms with van der Waals surface area (Å²) in [4.78, 5) is 36.9. The highest BCUT2D eigenvalue weighted by Crippen LogP contribution is 2.21. The Balaban J connectivity index is 2.33. The molecule has 1 aliphatic rings. The van der Waals surface area contributed by atoms with Crippen molar-refractivity contribution in [2.45, 2.75) is 19.4 Å². The Labute approximate surface area is 124 Å². The van der Waals surface area contributed by atoms with Crippen LogP contribution in [0.3, 0.4) is 0 Å². The van der Waals surface area contributed by atoms with Gasteiger partial charge in [-0.25, -0.2) is 0 Å². The number of benzene rings is 1. The zero-order valence-electron chi connectivity index (χ0n) is 10.6. The number of halogens is 1. The smallest absolute Gasteiger partial charge is 0.255 e. The van der Waals surface area contributed by atoms with Gasteiger partial charge in [0, 0.05) is 9.13 Å². The van der Waals surface area contributed by atoms with Gasteiger partial charge in [-0.1, -0.05) is 0 Å². The number of hydrogen-bond donors (Lipinski definition) is 1. The van der Waals surface area contributed by atoms with Crippen molar-refractivity contribution in [1.29, 1.82) is 0 Å². The monoisotopic (exact) mass is 372 g/mol. The number of hydrogen-bond acceptors (Lipinski definition) is 3. The highest BCUT2D eigenvalue weighted by Gasteiger charge is 2.43. The molecule has 0 aromatic heterocycles.